The van der Waals surface area contributed by atoms with Crippen molar-refractivity contribution in [2.45, 2.75) is 64.7 Å². The number of primary amides is 1. The van der Waals surface area contributed by atoms with Crippen LogP contribution >= 0.6 is 0 Å². The first-order valence-corrected chi connectivity index (χ1v) is 10.1. The number of ether oxygens (including phenoxy) is 2. The molecule has 2 amide bonds. The van der Waals surface area contributed by atoms with Gasteiger partial charge in [-0.15, -0.1) is 0 Å². The van der Waals surface area contributed by atoms with E-state index in [1.54, 1.807) is 39.1 Å². The second-order valence-electron chi connectivity index (χ2n) is 8.11. The molecule has 1 heterocycles. The molecule has 2 atom stereocenters. The van der Waals surface area contributed by atoms with Gasteiger partial charge >= 0.3 is 6.09 Å². The van der Waals surface area contributed by atoms with Crippen LogP contribution in [0.2, 0.25) is 0 Å². The molecular formula is C23H31N3O4. The van der Waals surface area contributed by atoms with Gasteiger partial charge in [0.2, 0.25) is 5.91 Å². The molecule has 2 unspecified atom stereocenters. The fourth-order valence-corrected chi connectivity index (χ4v) is 3.04. The van der Waals surface area contributed by atoms with E-state index in [1.165, 1.54) is 0 Å². The molecule has 1 aromatic heterocycles. The molecule has 0 radical (unpaired) electrons. The van der Waals surface area contributed by atoms with Crippen molar-refractivity contribution in [2.24, 2.45) is 5.73 Å². The van der Waals surface area contributed by atoms with Gasteiger partial charge < -0.3 is 20.5 Å². The molecule has 0 aliphatic rings. The smallest absolute Gasteiger partial charge is 0.408 e. The Bertz CT molecular complexity index is 817. The molecule has 0 bridgehead atoms. The minimum atomic E-state index is -0.927. The summed E-state index contributed by atoms with van der Waals surface area (Å²) in [5.74, 6) is -0.387. The Balaban J connectivity index is 2.12. The maximum atomic E-state index is 12.2. The van der Waals surface area contributed by atoms with Gasteiger partial charge in [-0.1, -0.05) is 43.7 Å². The standard InChI is InChI=1S/C23H31N3O4/c1-5-9-18(20(21(24)27)26-22(28)30-23(2,3)4)19-13-12-17(14-25-19)29-15-16-10-7-6-8-11-16/h6-8,10-14,18,20H,5,9,15H2,1-4H3,(H2,24,27)(H,26,28). The van der Waals surface area contributed by atoms with Crippen LogP contribution < -0.4 is 15.8 Å². The van der Waals surface area contributed by atoms with E-state index in [-0.39, 0.29) is 5.92 Å². The molecule has 162 valence electrons. The summed E-state index contributed by atoms with van der Waals surface area (Å²) in [6.45, 7) is 7.70. The fourth-order valence-electron chi connectivity index (χ4n) is 3.04. The number of nitrogens with zero attached hydrogens (tertiary/aromatic N) is 1. The van der Waals surface area contributed by atoms with Crippen LogP contribution in [0.4, 0.5) is 4.79 Å². The Morgan fingerprint density at radius 1 is 1.13 bits per heavy atom. The molecular weight excluding hydrogens is 382 g/mol. The van der Waals surface area contributed by atoms with Gasteiger partial charge in [0, 0.05) is 11.6 Å². The summed E-state index contributed by atoms with van der Waals surface area (Å²) in [7, 11) is 0. The lowest BCUT2D eigenvalue weighted by molar-refractivity contribution is -0.120. The molecule has 0 saturated carbocycles. The predicted molar refractivity (Wildman–Crippen MR) is 115 cm³/mol. The molecule has 2 rings (SSSR count). The highest BCUT2D eigenvalue weighted by atomic mass is 16.6. The molecule has 1 aromatic carbocycles. The minimum absolute atomic E-state index is 0.372. The highest BCUT2D eigenvalue weighted by Crippen LogP contribution is 2.26. The molecule has 7 heteroatoms. The molecule has 0 fully saturated rings. The van der Waals surface area contributed by atoms with Crippen LogP contribution in [-0.2, 0) is 16.1 Å². The van der Waals surface area contributed by atoms with Crippen molar-refractivity contribution < 1.29 is 19.1 Å². The number of hydrogen-bond acceptors (Lipinski definition) is 5. The van der Waals surface area contributed by atoms with E-state index in [0.29, 0.717) is 24.5 Å². The van der Waals surface area contributed by atoms with E-state index in [1.807, 2.05) is 37.3 Å². The number of rotatable bonds is 9. The zero-order valence-corrected chi connectivity index (χ0v) is 18.1. The van der Waals surface area contributed by atoms with Gasteiger partial charge in [0.1, 0.15) is 24.0 Å². The van der Waals surface area contributed by atoms with Crippen molar-refractivity contribution >= 4 is 12.0 Å². The fraction of sp³-hybridized carbons (Fsp3) is 0.435. The zero-order valence-electron chi connectivity index (χ0n) is 18.1. The van der Waals surface area contributed by atoms with E-state index >= 15 is 0 Å². The average Bonchev–Trinajstić information content (AvgIpc) is 2.69. The highest BCUT2D eigenvalue weighted by molar-refractivity contribution is 5.85. The molecule has 0 aliphatic heterocycles. The largest absolute Gasteiger partial charge is 0.487 e. The third-order valence-electron chi connectivity index (χ3n) is 4.37. The number of carbonyl (C=O) groups excluding carboxylic acids is 2. The van der Waals surface area contributed by atoms with Gasteiger partial charge in [-0.05, 0) is 44.9 Å². The number of nitrogens with two attached hydrogens (primary N) is 1. The number of aromatic nitrogens is 1. The van der Waals surface area contributed by atoms with E-state index in [0.717, 1.165) is 12.0 Å². The lowest BCUT2D eigenvalue weighted by atomic mass is 9.90. The first kappa shape index (κ1) is 23.2. The monoisotopic (exact) mass is 413 g/mol. The van der Waals surface area contributed by atoms with Crippen LogP contribution in [-0.4, -0.2) is 28.6 Å². The van der Waals surface area contributed by atoms with Crippen LogP contribution in [0.25, 0.3) is 0 Å². The van der Waals surface area contributed by atoms with Crippen molar-refractivity contribution in [2.75, 3.05) is 0 Å². The second-order valence-corrected chi connectivity index (χ2v) is 8.11. The van der Waals surface area contributed by atoms with E-state index < -0.39 is 23.6 Å². The second kappa shape index (κ2) is 10.6. The van der Waals surface area contributed by atoms with Crippen LogP contribution in [0, 0.1) is 0 Å². The van der Waals surface area contributed by atoms with Gasteiger partial charge in [0.15, 0.2) is 0 Å². The number of nitrogens with one attached hydrogen (secondary N) is 1. The summed E-state index contributed by atoms with van der Waals surface area (Å²) in [6.07, 6.45) is 2.35. The number of hydrogen-bond donors (Lipinski definition) is 2. The molecule has 0 saturated heterocycles. The Labute approximate surface area is 178 Å². The number of alkyl carbamates (subject to hydrolysis) is 1. The molecule has 7 nitrogen and oxygen atoms in total. The summed E-state index contributed by atoms with van der Waals surface area (Å²) < 4.78 is 11.0. The summed E-state index contributed by atoms with van der Waals surface area (Å²) in [4.78, 5) is 28.8. The molecule has 0 spiro atoms. The number of carbonyl (C=O) groups is 2. The Morgan fingerprint density at radius 3 is 2.37 bits per heavy atom. The molecule has 3 N–H and O–H groups in total. The summed E-state index contributed by atoms with van der Waals surface area (Å²) >= 11 is 0. The van der Waals surface area contributed by atoms with Crippen LogP contribution in [0.5, 0.6) is 5.75 Å². The van der Waals surface area contributed by atoms with Crippen molar-refractivity contribution in [3.63, 3.8) is 0 Å². The zero-order chi connectivity index (χ0) is 22.1. The normalized spacial score (nSPS) is 13.2. The molecule has 2 aromatic rings. The lowest BCUT2D eigenvalue weighted by Gasteiger charge is -2.27. The maximum Gasteiger partial charge on any atom is 0.408 e. The van der Waals surface area contributed by atoms with E-state index in [4.69, 9.17) is 15.2 Å². The number of pyridine rings is 1. The summed E-state index contributed by atoms with van der Waals surface area (Å²) in [6, 6.07) is 12.5. The van der Waals surface area contributed by atoms with E-state index in [2.05, 4.69) is 10.3 Å². The van der Waals surface area contributed by atoms with Gasteiger partial charge in [-0.3, -0.25) is 9.78 Å². The van der Waals surface area contributed by atoms with E-state index in [9.17, 15) is 9.59 Å². The summed E-state index contributed by atoms with van der Waals surface area (Å²) in [5.41, 5.74) is 6.63. The molecule has 30 heavy (non-hydrogen) atoms. The Hall–Kier alpha value is -3.09. The highest BCUT2D eigenvalue weighted by Gasteiger charge is 2.31. The maximum absolute atomic E-state index is 12.2. The summed E-state index contributed by atoms with van der Waals surface area (Å²) in [5, 5.41) is 2.61. The predicted octanol–water partition coefficient (Wildman–Crippen LogP) is 3.92. The first-order chi connectivity index (χ1) is 14.2. The van der Waals surface area contributed by atoms with Crippen LogP contribution in [0.1, 0.15) is 57.7 Å². The molecule has 0 aliphatic carbocycles. The van der Waals surface area contributed by atoms with Crippen LogP contribution in [0.15, 0.2) is 48.7 Å². The third-order valence-corrected chi connectivity index (χ3v) is 4.37. The third kappa shape index (κ3) is 7.39. The topological polar surface area (TPSA) is 104 Å². The van der Waals surface area contributed by atoms with Crippen molar-refractivity contribution in [3.8, 4) is 5.75 Å². The minimum Gasteiger partial charge on any atom is -0.487 e. The van der Waals surface area contributed by atoms with Crippen molar-refractivity contribution in [3.05, 3.63) is 59.9 Å². The van der Waals surface area contributed by atoms with Gasteiger partial charge in [-0.2, -0.15) is 0 Å². The Kier molecular flexibility index (Phi) is 8.21. The number of amides is 2. The Morgan fingerprint density at radius 2 is 1.83 bits per heavy atom. The lowest BCUT2D eigenvalue weighted by Crippen LogP contribution is -2.49. The van der Waals surface area contributed by atoms with Gasteiger partial charge in [0.25, 0.3) is 0 Å². The SMILES string of the molecule is CCCC(c1ccc(OCc2ccccc2)cn1)C(NC(=O)OC(C)(C)C)C(N)=O. The average molecular weight is 414 g/mol. The van der Waals surface area contributed by atoms with Gasteiger partial charge in [0.05, 0.1) is 6.20 Å². The quantitative estimate of drug-likeness (QED) is 0.648. The first-order valence-electron chi connectivity index (χ1n) is 10.1. The number of benzene rings is 1. The van der Waals surface area contributed by atoms with Gasteiger partial charge in [-0.25, -0.2) is 4.79 Å². The van der Waals surface area contributed by atoms with Crippen molar-refractivity contribution in [1.82, 2.24) is 10.3 Å². The van der Waals surface area contributed by atoms with Crippen LogP contribution in [0.3, 0.4) is 0 Å². The van der Waals surface area contributed by atoms with Crippen molar-refractivity contribution in [1.29, 1.82) is 0 Å².